The molecule has 5 nitrogen and oxygen atoms in total. The van der Waals surface area contributed by atoms with Gasteiger partial charge in [0.25, 0.3) is 5.91 Å². The molecule has 4 rings (SSSR count). The van der Waals surface area contributed by atoms with Crippen LogP contribution >= 0.6 is 35.4 Å². The minimum Gasteiger partial charge on any atom is -0.435 e. The van der Waals surface area contributed by atoms with E-state index in [0.717, 1.165) is 16.7 Å². The highest BCUT2D eigenvalue weighted by Crippen LogP contribution is 2.32. The Balaban J connectivity index is 1.45. The molecule has 8 heteroatoms. The van der Waals surface area contributed by atoms with Gasteiger partial charge >= 0.3 is 0 Å². The van der Waals surface area contributed by atoms with Crippen molar-refractivity contribution in [2.75, 3.05) is 5.32 Å². The number of fused-ring (bicyclic) bond motifs is 1. The SMILES string of the molecule is Cc1ccc(C(=O)NC(=S)Nc2ccc(-c3nc4cc(Cl)cc(Cl)c4o3)cc2)c(C)c1. The first-order valence-electron chi connectivity index (χ1n) is 9.36. The van der Waals surface area contributed by atoms with E-state index in [-0.39, 0.29) is 11.0 Å². The van der Waals surface area contributed by atoms with E-state index < -0.39 is 0 Å². The van der Waals surface area contributed by atoms with Crippen molar-refractivity contribution in [2.24, 2.45) is 0 Å². The Bertz CT molecular complexity index is 1320. The Morgan fingerprint density at radius 3 is 2.48 bits per heavy atom. The van der Waals surface area contributed by atoms with Crippen LogP contribution in [0.25, 0.3) is 22.6 Å². The van der Waals surface area contributed by atoms with Gasteiger partial charge in [0.15, 0.2) is 10.7 Å². The molecule has 0 saturated carbocycles. The highest BCUT2D eigenvalue weighted by Gasteiger charge is 2.13. The van der Waals surface area contributed by atoms with Crippen LogP contribution < -0.4 is 10.6 Å². The maximum Gasteiger partial charge on any atom is 0.257 e. The molecule has 156 valence electrons. The zero-order valence-corrected chi connectivity index (χ0v) is 19.0. The maximum atomic E-state index is 12.5. The van der Waals surface area contributed by atoms with Crippen molar-refractivity contribution in [2.45, 2.75) is 13.8 Å². The van der Waals surface area contributed by atoms with Crippen LogP contribution in [0.5, 0.6) is 0 Å². The summed E-state index contributed by atoms with van der Waals surface area (Å²) in [5, 5.41) is 6.82. The lowest BCUT2D eigenvalue weighted by Gasteiger charge is -2.11. The Morgan fingerprint density at radius 1 is 1.03 bits per heavy atom. The quantitative estimate of drug-likeness (QED) is 0.333. The van der Waals surface area contributed by atoms with Crippen LogP contribution in [0, 0.1) is 13.8 Å². The monoisotopic (exact) mass is 469 g/mol. The van der Waals surface area contributed by atoms with Crippen molar-refractivity contribution in [1.29, 1.82) is 0 Å². The van der Waals surface area contributed by atoms with Crippen LogP contribution in [0.15, 0.2) is 59.0 Å². The Morgan fingerprint density at radius 2 is 1.77 bits per heavy atom. The molecule has 0 aliphatic rings. The van der Waals surface area contributed by atoms with E-state index in [0.29, 0.717) is 38.3 Å². The number of benzene rings is 3. The molecule has 4 aromatic rings. The van der Waals surface area contributed by atoms with Gasteiger partial charge in [-0.05, 0) is 74.1 Å². The number of thiocarbonyl (C=S) groups is 1. The summed E-state index contributed by atoms with van der Waals surface area (Å²) in [7, 11) is 0. The number of halogens is 2. The summed E-state index contributed by atoms with van der Waals surface area (Å²) in [5.74, 6) is 0.171. The zero-order valence-electron chi connectivity index (χ0n) is 16.6. The number of carbonyl (C=O) groups excluding carboxylic acids is 1. The third kappa shape index (κ3) is 4.71. The van der Waals surface area contributed by atoms with Gasteiger partial charge in [0.05, 0.1) is 5.02 Å². The van der Waals surface area contributed by atoms with Crippen molar-refractivity contribution in [3.63, 3.8) is 0 Å². The second-order valence-corrected chi connectivity index (χ2v) is 8.31. The average molecular weight is 470 g/mol. The number of hydrogen-bond acceptors (Lipinski definition) is 4. The van der Waals surface area contributed by atoms with E-state index in [1.54, 1.807) is 18.2 Å². The van der Waals surface area contributed by atoms with E-state index in [9.17, 15) is 4.79 Å². The predicted octanol–water partition coefficient (Wildman–Crippen LogP) is 6.55. The largest absolute Gasteiger partial charge is 0.435 e. The molecule has 1 heterocycles. The zero-order chi connectivity index (χ0) is 22.1. The Hall–Kier alpha value is -2.93. The number of nitrogens with zero attached hydrogens (tertiary/aromatic N) is 1. The predicted molar refractivity (Wildman–Crippen MR) is 129 cm³/mol. The van der Waals surface area contributed by atoms with Gasteiger partial charge in [-0.25, -0.2) is 4.98 Å². The van der Waals surface area contributed by atoms with Crippen molar-refractivity contribution >= 4 is 63.2 Å². The molecule has 3 aromatic carbocycles. The van der Waals surface area contributed by atoms with Crippen LogP contribution in [-0.2, 0) is 0 Å². The van der Waals surface area contributed by atoms with E-state index in [1.807, 2.05) is 50.2 Å². The molecule has 0 radical (unpaired) electrons. The Kier molecular flexibility index (Phi) is 5.96. The van der Waals surface area contributed by atoms with Gasteiger partial charge < -0.3 is 9.73 Å². The smallest absolute Gasteiger partial charge is 0.257 e. The lowest BCUT2D eigenvalue weighted by molar-refractivity contribution is 0.0977. The molecule has 0 fully saturated rings. The number of carbonyl (C=O) groups is 1. The van der Waals surface area contributed by atoms with Gasteiger partial charge in [0.2, 0.25) is 5.89 Å². The summed E-state index contributed by atoms with van der Waals surface area (Å²) >= 11 is 17.5. The summed E-state index contributed by atoms with van der Waals surface area (Å²) in [6.45, 7) is 3.87. The molecular weight excluding hydrogens is 453 g/mol. The topological polar surface area (TPSA) is 67.2 Å². The van der Waals surface area contributed by atoms with Crippen LogP contribution in [0.2, 0.25) is 10.0 Å². The first-order valence-corrected chi connectivity index (χ1v) is 10.5. The van der Waals surface area contributed by atoms with E-state index in [1.165, 1.54) is 0 Å². The highest BCUT2D eigenvalue weighted by atomic mass is 35.5. The van der Waals surface area contributed by atoms with Gasteiger partial charge in [-0.15, -0.1) is 0 Å². The van der Waals surface area contributed by atoms with Gasteiger partial charge in [-0.3, -0.25) is 10.1 Å². The lowest BCUT2D eigenvalue weighted by Crippen LogP contribution is -2.34. The van der Waals surface area contributed by atoms with E-state index in [2.05, 4.69) is 15.6 Å². The van der Waals surface area contributed by atoms with E-state index >= 15 is 0 Å². The summed E-state index contributed by atoms with van der Waals surface area (Å²) in [6, 6.07) is 16.2. The summed E-state index contributed by atoms with van der Waals surface area (Å²) < 4.78 is 5.78. The molecule has 0 aliphatic carbocycles. The molecule has 0 atom stereocenters. The number of oxazole rings is 1. The summed E-state index contributed by atoms with van der Waals surface area (Å²) in [4.78, 5) is 16.9. The van der Waals surface area contributed by atoms with Crippen LogP contribution in [0.4, 0.5) is 5.69 Å². The van der Waals surface area contributed by atoms with Crippen molar-refractivity contribution in [3.05, 3.63) is 81.3 Å². The number of aromatic nitrogens is 1. The molecular formula is C23H17Cl2N3O2S. The third-order valence-corrected chi connectivity index (χ3v) is 5.36. The second kappa shape index (κ2) is 8.67. The van der Waals surface area contributed by atoms with Gasteiger partial charge in [0.1, 0.15) is 5.52 Å². The molecule has 0 bridgehead atoms. The third-order valence-electron chi connectivity index (χ3n) is 4.65. The van der Waals surface area contributed by atoms with Gasteiger partial charge in [0, 0.05) is 21.8 Å². The number of rotatable bonds is 3. The second-order valence-electron chi connectivity index (χ2n) is 7.06. The average Bonchev–Trinajstić information content (AvgIpc) is 3.12. The van der Waals surface area contributed by atoms with Crippen LogP contribution in [0.3, 0.4) is 0 Å². The fourth-order valence-electron chi connectivity index (χ4n) is 3.18. The number of amides is 1. The van der Waals surface area contributed by atoms with Crippen molar-refractivity contribution in [1.82, 2.24) is 10.3 Å². The first-order chi connectivity index (χ1) is 14.8. The Labute approximate surface area is 194 Å². The van der Waals surface area contributed by atoms with Crippen molar-refractivity contribution in [3.8, 4) is 11.5 Å². The number of anilines is 1. The fourth-order valence-corrected chi connectivity index (χ4v) is 3.91. The molecule has 0 unspecified atom stereocenters. The van der Waals surface area contributed by atoms with E-state index in [4.69, 9.17) is 39.8 Å². The van der Waals surface area contributed by atoms with Crippen LogP contribution in [-0.4, -0.2) is 16.0 Å². The molecule has 31 heavy (non-hydrogen) atoms. The van der Waals surface area contributed by atoms with Gasteiger partial charge in [-0.1, -0.05) is 40.9 Å². The van der Waals surface area contributed by atoms with Crippen molar-refractivity contribution < 1.29 is 9.21 Å². The summed E-state index contributed by atoms with van der Waals surface area (Å²) in [6.07, 6.45) is 0. The minimum absolute atomic E-state index is 0.209. The van der Waals surface area contributed by atoms with Crippen LogP contribution in [0.1, 0.15) is 21.5 Å². The lowest BCUT2D eigenvalue weighted by atomic mass is 10.1. The molecule has 0 spiro atoms. The highest BCUT2D eigenvalue weighted by molar-refractivity contribution is 7.80. The molecule has 1 aromatic heterocycles. The molecule has 1 amide bonds. The normalized spacial score (nSPS) is 10.8. The summed E-state index contributed by atoms with van der Waals surface area (Å²) in [5.41, 5.74) is 5.12. The standard InChI is InChI=1S/C23H17Cl2N3O2S/c1-12-3-8-17(13(2)9-12)21(29)28-23(31)26-16-6-4-14(5-7-16)22-27-19-11-15(24)10-18(25)20(19)30-22/h3-11H,1-2H3,(H2,26,28,29,31). The maximum absolute atomic E-state index is 12.5. The molecule has 0 aliphatic heterocycles. The number of nitrogens with one attached hydrogen (secondary N) is 2. The first kappa shape index (κ1) is 21.3. The minimum atomic E-state index is -0.256. The number of aryl methyl sites for hydroxylation is 2. The molecule has 0 saturated heterocycles. The number of hydrogen-bond donors (Lipinski definition) is 2. The molecule has 2 N–H and O–H groups in total. The fraction of sp³-hybridized carbons (Fsp3) is 0.0870. The van der Waals surface area contributed by atoms with Gasteiger partial charge in [-0.2, -0.15) is 0 Å².